The number of rotatable bonds is 22. The van der Waals surface area contributed by atoms with Crippen molar-refractivity contribution in [3.05, 3.63) is 0 Å². The third kappa shape index (κ3) is 12.6. The topological polar surface area (TPSA) is 13.0 Å². The van der Waals surface area contributed by atoms with Gasteiger partial charge >= 0.3 is 0 Å². The Balaban J connectivity index is 0.954. The molecule has 2 saturated heterocycles. The Kier molecular flexibility index (Phi) is 20.4. The van der Waals surface area contributed by atoms with Gasteiger partial charge < -0.3 is 9.80 Å². The van der Waals surface area contributed by atoms with Gasteiger partial charge in [0.05, 0.1) is 0 Å². The van der Waals surface area contributed by atoms with Crippen molar-refractivity contribution in [2.45, 2.75) is 333 Å². The Morgan fingerprint density at radius 3 is 1.03 bits per heavy atom. The zero-order chi connectivity index (χ0) is 49.6. The Bertz CT molecular complexity index is 1430. The summed E-state index contributed by atoms with van der Waals surface area (Å²) in [6.45, 7) is 12.7. The van der Waals surface area contributed by atoms with Gasteiger partial charge in [0.1, 0.15) is 0 Å². The zero-order valence-electron chi connectivity index (χ0n) is 49.0. The summed E-state index contributed by atoms with van der Waals surface area (Å²) in [5.41, 5.74) is 0. The SMILES string of the molecule is CCCCCCCCC1CCC(N(C2CCC(C)CC2)C2CC(C3CCCN3C)C3CCC4C5C(CCC2C35)C(C2CCCN2C)CC4N(C2CCC(C)CC2)C2CCC(CCCCCCCC)CC2)CC1. The summed E-state index contributed by atoms with van der Waals surface area (Å²) in [4.78, 5) is 13.0. The van der Waals surface area contributed by atoms with Crippen molar-refractivity contribution in [2.24, 2.45) is 71.0 Å². The smallest absolute Gasteiger partial charge is 0.0136 e. The first kappa shape index (κ1) is 55.2. The highest BCUT2D eigenvalue weighted by molar-refractivity contribution is 5.15. The van der Waals surface area contributed by atoms with E-state index in [1.807, 2.05) is 0 Å². The van der Waals surface area contributed by atoms with Crippen LogP contribution in [-0.4, -0.2) is 95.1 Å². The Morgan fingerprint density at radius 2 is 0.681 bits per heavy atom. The molecule has 0 N–H and O–H groups in total. The fourth-order valence-electron chi connectivity index (χ4n) is 21.6. The average Bonchev–Trinajstić information content (AvgIpc) is 4.04. The molecule has 0 radical (unpaired) electrons. The molecule has 0 aromatic carbocycles. The van der Waals surface area contributed by atoms with Gasteiger partial charge in [-0.05, 0) is 265 Å². The second-order valence-electron chi connectivity index (χ2n) is 29.5. The highest BCUT2D eigenvalue weighted by Gasteiger charge is 2.64. The molecule has 8 aliphatic carbocycles. The molecular formula is C68H122N4. The second-order valence-corrected chi connectivity index (χ2v) is 29.5. The standard InChI is InChI=1S/C68H122N4/c1-7-9-11-13-15-17-21-51-29-37-55(38-30-51)71(53-33-25-49(3)26-34-53)65-47-61(63-23-19-45-69(63)5)57-42-44-60-66(48-62(64-24-20-46-70(64)6)58-41-43-59(65)67(57)68(58)60)72(54-35-27-50(4)28-36-54)56-39-31-52(32-40-56)22-18-16-14-12-10-8-2/h49-68H,7-48H2,1-6H3. The molecule has 2 aliphatic heterocycles. The highest BCUT2D eigenvalue weighted by Crippen LogP contribution is 2.66. The minimum absolute atomic E-state index is 0.847. The lowest BCUT2D eigenvalue weighted by Gasteiger charge is -2.68. The van der Waals surface area contributed by atoms with Gasteiger partial charge in [0.25, 0.3) is 0 Å². The first-order valence-corrected chi connectivity index (χ1v) is 34.3. The van der Waals surface area contributed by atoms with Gasteiger partial charge in [-0.1, -0.05) is 118 Å². The summed E-state index contributed by atoms with van der Waals surface area (Å²) in [6.07, 6.45) is 60.3. The molecule has 8 saturated carbocycles. The predicted octanol–water partition coefficient (Wildman–Crippen LogP) is 17.6. The van der Waals surface area contributed by atoms with Crippen LogP contribution in [0.4, 0.5) is 0 Å². The monoisotopic (exact) mass is 995 g/mol. The minimum atomic E-state index is 0.847. The van der Waals surface area contributed by atoms with E-state index in [9.17, 15) is 0 Å². The lowest BCUT2D eigenvalue weighted by atomic mass is 9.42. The fourth-order valence-corrected chi connectivity index (χ4v) is 21.6. The van der Waals surface area contributed by atoms with E-state index in [1.165, 1.54) is 206 Å². The van der Waals surface area contributed by atoms with Crippen molar-refractivity contribution in [3.8, 4) is 0 Å². The van der Waals surface area contributed by atoms with Crippen LogP contribution in [0.5, 0.6) is 0 Å². The number of nitrogens with zero attached hydrogens (tertiary/aromatic N) is 4. The van der Waals surface area contributed by atoms with Gasteiger partial charge in [0, 0.05) is 48.3 Å². The third-order valence-electron chi connectivity index (χ3n) is 25.3. The van der Waals surface area contributed by atoms with Crippen LogP contribution in [0.2, 0.25) is 0 Å². The van der Waals surface area contributed by atoms with Crippen molar-refractivity contribution >= 4 is 0 Å². The number of likely N-dealkylation sites (tertiary alicyclic amines) is 2. The molecule has 0 aromatic rings. The van der Waals surface area contributed by atoms with E-state index < -0.39 is 0 Å². The van der Waals surface area contributed by atoms with Crippen molar-refractivity contribution in [2.75, 3.05) is 27.2 Å². The lowest BCUT2D eigenvalue weighted by molar-refractivity contribution is -0.187. The molecule has 12 unspecified atom stereocenters. The van der Waals surface area contributed by atoms with Gasteiger partial charge in [-0.25, -0.2) is 0 Å². The van der Waals surface area contributed by atoms with Gasteiger partial charge in [0.15, 0.2) is 0 Å². The normalized spacial score (nSPS) is 44.2. The molecule has 4 nitrogen and oxygen atoms in total. The molecule has 72 heavy (non-hydrogen) atoms. The number of hydrogen-bond donors (Lipinski definition) is 0. The van der Waals surface area contributed by atoms with E-state index >= 15 is 0 Å². The Labute approximate surface area is 448 Å². The summed E-state index contributed by atoms with van der Waals surface area (Å²) in [5, 5.41) is 0. The first-order valence-electron chi connectivity index (χ1n) is 34.3. The average molecular weight is 996 g/mol. The quantitative estimate of drug-likeness (QED) is 0.100. The maximum absolute atomic E-state index is 3.53. The highest BCUT2D eigenvalue weighted by atomic mass is 15.3. The molecule has 10 aliphatic rings. The molecule has 0 spiro atoms. The number of hydrogen-bond acceptors (Lipinski definition) is 4. The van der Waals surface area contributed by atoms with Crippen molar-refractivity contribution in [1.82, 2.24) is 19.6 Å². The summed E-state index contributed by atoms with van der Waals surface area (Å²) in [7, 11) is 5.18. The summed E-state index contributed by atoms with van der Waals surface area (Å²) in [5.74, 6) is 11.7. The van der Waals surface area contributed by atoms with E-state index in [1.54, 1.807) is 64.2 Å². The predicted molar refractivity (Wildman–Crippen MR) is 308 cm³/mol. The summed E-state index contributed by atoms with van der Waals surface area (Å²) in [6, 6.07) is 6.86. The van der Waals surface area contributed by atoms with Crippen LogP contribution in [0.25, 0.3) is 0 Å². The van der Waals surface area contributed by atoms with Crippen molar-refractivity contribution < 1.29 is 0 Å². The van der Waals surface area contributed by atoms with Gasteiger partial charge in [-0.3, -0.25) is 9.80 Å². The van der Waals surface area contributed by atoms with Gasteiger partial charge in [-0.2, -0.15) is 0 Å². The van der Waals surface area contributed by atoms with Gasteiger partial charge in [0.2, 0.25) is 0 Å². The lowest BCUT2D eigenvalue weighted by Crippen LogP contribution is -2.68. The molecule has 12 atom stereocenters. The largest absolute Gasteiger partial charge is 0.303 e. The molecule has 414 valence electrons. The van der Waals surface area contributed by atoms with Crippen LogP contribution in [0.3, 0.4) is 0 Å². The minimum Gasteiger partial charge on any atom is -0.303 e. The zero-order valence-corrected chi connectivity index (χ0v) is 49.0. The Hall–Kier alpha value is -0.160. The van der Waals surface area contributed by atoms with E-state index in [4.69, 9.17) is 0 Å². The van der Waals surface area contributed by atoms with Crippen LogP contribution in [0.1, 0.15) is 285 Å². The van der Waals surface area contributed by atoms with Gasteiger partial charge in [-0.15, -0.1) is 0 Å². The first-order chi connectivity index (χ1) is 35.3. The van der Waals surface area contributed by atoms with Crippen molar-refractivity contribution in [1.29, 1.82) is 0 Å². The second kappa shape index (κ2) is 26.7. The van der Waals surface area contributed by atoms with E-state index in [0.29, 0.717) is 0 Å². The molecule has 10 rings (SSSR count). The molecule has 0 bridgehead atoms. The van der Waals surface area contributed by atoms with Crippen LogP contribution >= 0.6 is 0 Å². The van der Waals surface area contributed by atoms with E-state index in [2.05, 4.69) is 61.4 Å². The van der Waals surface area contributed by atoms with Crippen LogP contribution in [0.15, 0.2) is 0 Å². The maximum Gasteiger partial charge on any atom is 0.0136 e. The molecule has 0 amide bonds. The van der Waals surface area contributed by atoms with Crippen molar-refractivity contribution in [3.63, 3.8) is 0 Å². The fraction of sp³-hybridized carbons (Fsp3) is 1.00. The van der Waals surface area contributed by atoms with E-state index in [0.717, 1.165) is 119 Å². The molecule has 0 aromatic heterocycles. The molecule has 2 heterocycles. The molecule has 4 heteroatoms. The maximum atomic E-state index is 3.53. The molecule has 10 fully saturated rings. The summed E-state index contributed by atoms with van der Waals surface area (Å²) >= 11 is 0. The summed E-state index contributed by atoms with van der Waals surface area (Å²) < 4.78 is 0. The number of unbranched alkanes of at least 4 members (excludes halogenated alkanes) is 10. The molecular weight excluding hydrogens is 873 g/mol. The van der Waals surface area contributed by atoms with Crippen LogP contribution in [-0.2, 0) is 0 Å². The third-order valence-corrected chi connectivity index (χ3v) is 25.3. The Morgan fingerprint density at radius 1 is 0.347 bits per heavy atom. The van der Waals surface area contributed by atoms with Crippen LogP contribution in [0, 0.1) is 71.0 Å². The van der Waals surface area contributed by atoms with Crippen LogP contribution < -0.4 is 0 Å². The van der Waals surface area contributed by atoms with E-state index in [-0.39, 0.29) is 0 Å².